The van der Waals surface area contributed by atoms with Crippen molar-refractivity contribution in [3.63, 3.8) is 0 Å². The van der Waals surface area contributed by atoms with Crippen LogP contribution in [0.3, 0.4) is 0 Å². The summed E-state index contributed by atoms with van der Waals surface area (Å²) in [5.74, 6) is 1.84. The molecule has 1 amide bonds. The summed E-state index contributed by atoms with van der Waals surface area (Å²) >= 11 is 0. The lowest BCUT2D eigenvalue weighted by molar-refractivity contribution is 0.0401. The molecule has 1 aromatic rings. The van der Waals surface area contributed by atoms with E-state index in [-0.39, 0.29) is 11.9 Å². The van der Waals surface area contributed by atoms with Crippen LogP contribution in [-0.2, 0) is 11.2 Å². The largest absolute Gasteiger partial charge is 0.435 e. The van der Waals surface area contributed by atoms with Gasteiger partial charge in [-0.2, -0.15) is 0 Å². The average molecular weight is 349 g/mol. The summed E-state index contributed by atoms with van der Waals surface area (Å²) in [6.45, 7) is 11.9. The standard InChI is InChI=1S/C19H31N3O3/c1-5-17-20-13(4)18(25-17)19(23)21-16-11-22(10-15(16)12(2)3)14-6-8-24-9-7-14/h12,14-16H,5-11H2,1-4H3,(H,21,23)/t15-,16+/m1/s1. The Morgan fingerprint density at radius 1 is 1.32 bits per heavy atom. The molecule has 1 N–H and O–H groups in total. The highest BCUT2D eigenvalue weighted by molar-refractivity contribution is 5.92. The summed E-state index contributed by atoms with van der Waals surface area (Å²) in [4.78, 5) is 19.6. The van der Waals surface area contributed by atoms with Crippen molar-refractivity contribution in [3.8, 4) is 0 Å². The number of ether oxygens (including phenoxy) is 1. The number of likely N-dealkylation sites (tertiary alicyclic amines) is 1. The smallest absolute Gasteiger partial charge is 0.289 e. The molecule has 2 atom stereocenters. The molecule has 3 rings (SSSR count). The Balaban J connectivity index is 1.68. The van der Waals surface area contributed by atoms with Gasteiger partial charge in [0.25, 0.3) is 5.91 Å². The van der Waals surface area contributed by atoms with Crippen LogP contribution >= 0.6 is 0 Å². The van der Waals surface area contributed by atoms with Crippen molar-refractivity contribution in [2.24, 2.45) is 11.8 Å². The van der Waals surface area contributed by atoms with E-state index in [9.17, 15) is 4.79 Å². The molecule has 0 unspecified atom stereocenters. The number of hydrogen-bond acceptors (Lipinski definition) is 5. The summed E-state index contributed by atoms with van der Waals surface area (Å²) in [6, 6.07) is 0.737. The van der Waals surface area contributed by atoms with Crippen LogP contribution < -0.4 is 5.32 Å². The van der Waals surface area contributed by atoms with Gasteiger partial charge in [0.05, 0.1) is 5.69 Å². The number of carbonyl (C=O) groups is 1. The molecule has 0 radical (unpaired) electrons. The monoisotopic (exact) mass is 349 g/mol. The van der Waals surface area contributed by atoms with Crippen molar-refractivity contribution in [3.05, 3.63) is 17.3 Å². The number of carbonyl (C=O) groups excluding carboxylic acids is 1. The third kappa shape index (κ3) is 4.06. The molecule has 0 saturated carbocycles. The van der Waals surface area contributed by atoms with Crippen molar-refractivity contribution in [2.45, 2.75) is 59.0 Å². The first-order valence-electron chi connectivity index (χ1n) is 9.58. The number of hydrogen-bond donors (Lipinski definition) is 1. The fourth-order valence-corrected chi connectivity index (χ4v) is 4.09. The maximum Gasteiger partial charge on any atom is 0.289 e. The number of nitrogens with one attached hydrogen (secondary N) is 1. The van der Waals surface area contributed by atoms with Crippen LogP contribution in [-0.4, -0.2) is 54.2 Å². The van der Waals surface area contributed by atoms with Gasteiger partial charge in [-0.05, 0) is 31.6 Å². The topological polar surface area (TPSA) is 67.6 Å². The molecule has 25 heavy (non-hydrogen) atoms. The van der Waals surface area contributed by atoms with E-state index in [1.165, 1.54) is 0 Å². The SMILES string of the molecule is CCc1nc(C)c(C(=O)N[C@H]2CN(C3CCOCC3)C[C@@H]2C(C)C)o1. The van der Waals surface area contributed by atoms with Crippen LogP contribution in [0.2, 0.25) is 0 Å². The van der Waals surface area contributed by atoms with Crippen molar-refractivity contribution >= 4 is 5.91 Å². The number of amides is 1. The third-order valence-corrected chi connectivity index (χ3v) is 5.62. The van der Waals surface area contributed by atoms with E-state index in [1.54, 1.807) is 0 Å². The fraction of sp³-hybridized carbons (Fsp3) is 0.789. The van der Waals surface area contributed by atoms with E-state index in [0.717, 1.165) is 39.1 Å². The van der Waals surface area contributed by atoms with Crippen LogP contribution in [0, 0.1) is 18.8 Å². The maximum absolute atomic E-state index is 12.7. The second-order valence-corrected chi connectivity index (χ2v) is 7.66. The van der Waals surface area contributed by atoms with Gasteiger partial charge in [0, 0.05) is 44.8 Å². The minimum absolute atomic E-state index is 0.130. The van der Waals surface area contributed by atoms with Crippen LogP contribution in [0.1, 0.15) is 55.8 Å². The minimum Gasteiger partial charge on any atom is -0.435 e. The molecular weight excluding hydrogens is 318 g/mol. The van der Waals surface area contributed by atoms with Crippen molar-refractivity contribution in [2.75, 3.05) is 26.3 Å². The molecule has 0 aromatic carbocycles. The molecule has 0 bridgehead atoms. The molecule has 140 valence electrons. The number of aryl methyl sites for hydroxylation is 2. The Labute approximate surface area is 150 Å². The van der Waals surface area contributed by atoms with Gasteiger partial charge >= 0.3 is 0 Å². The first-order valence-corrected chi connectivity index (χ1v) is 9.58. The summed E-state index contributed by atoms with van der Waals surface area (Å²) in [5.41, 5.74) is 0.676. The summed E-state index contributed by atoms with van der Waals surface area (Å²) in [5, 5.41) is 3.23. The van der Waals surface area contributed by atoms with Crippen molar-refractivity contribution in [1.29, 1.82) is 0 Å². The van der Waals surface area contributed by atoms with Gasteiger partial charge in [-0.25, -0.2) is 4.98 Å². The summed E-state index contributed by atoms with van der Waals surface area (Å²) in [7, 11) is 0. The Kier molecular flexibility index (Phi) is 5.79. The second-order valence-electron chi connectivity index (χ2n) is 7.66. The Hall–Kier alpha value is -1.40. The van der Waals surface area contributed by atoms with Crippen LogP contribution in [0.4, 0.5) is 0 Å². The predicted octanol–water partition coefficient (Wildman–Crippen LogP) is 2.41. The van der Waals surface area contributed by atoms with Gasteiger partial charge in [0.1, 0.15) is 0 Å². The first kappa shape index (κ1) is 18.4. The summed E-state index contributed by atoms with van der Waals surface area (Å²) < 4.78 is 11.1. The van der Waals surface area contributed by atoms with E-state index < -0.39 is 0 Å². The van der Waals surface area contributed by atoms with Crippen LogP contribution in [0.25, 0.3) is 0 Å². The highest BCUT2D eigenvalue weighted by Crippen LogP contribution is 2.29. The molecule has 2 saturated heterocycles. The molecule has 1 aromatic heterocycles. The molecule has 0 aliphatic carbocycles. The van der Waals surface area contributed by atoms with Crippen LogP contribution in [0.15, 0.2) is 4.42 Å². The average Bonchev–Trinajstić information content (AvgIpc) is 3.19. The zero-order valence-corrected chi connectivity index (χ0v) is 15.9. The molecule has 6 heteroatoms. The van der Waals surface area contributed by atoms with Gasteiger partial charge in [0.15, 0.2) is 5.89 Å². The van der Waals surface area contributed by atoms with E-state index >= 15 is 0 Å². The molecule has 2 aliphatic rings. The number of aromatic nitrogens is 1. The van der Waals surface area contributed by atoms with Crippen molar-refractivity contribution in [1.82, 2.24) is 15.2 Å². The first-order chi connectivity index (χ1) is 12.0. The van der Waals surface area contributed by atoms with Gasteiger partial charge in [-0.1, -0.05) is 20.8 Å². The number of rotatable bonds is 5. The van der Waals surface area contributed by atoms with Crippen molar-refractivity contribution < 1.29 is 13.9 Å². The lowest BCUT2D eigenvalue weighted by Crippen LogP contribution is -2.43. The van der Waals surface area contributed by atoms with E-state index in [1.807, 2.05) is 13.8 Å². The molecule has 2 fully saturated rings. The Morgan fingerprint density at radius 3 is 2.64 bits per heavy atom. The molecule has 2 aliphatic heterocycles. The van der Waals surface area contributed by atoms with Crippen LogP contribution in [0.5, 0.6) is 0 Å². The zero-order valence-electron chi connectivity index (χ0n) is 15.9. The Bertz CT molecular complexity index is 593. The Morgan fingerprint density at radius 2 is 2.04 bits per heavy atom. The second kappa shape index (κ2) is 7.87. The highest BCUT2D eigenvalue weighted by Gasteiger charge is 2.39. The van der Waals surface area contributed by atoms with Gasteiger partial charge in [-0.3, -0.25) is 9.69 Å². The van der Waals surface area contributed by atoms with Gasteiger partial charge < -0.3 is 14.5 Å². The lowest BCUT2D eigenvalue weighted by atomic mass is 9.91. The van der Waals surface area contributed by atoms with Gasteiger partial charge in [0.2, 0.25) is 5.76 Å². The molecule has 6 nitrogen and oxygen atoms in total. The molecule has 0 spiro atoms. The minimum atomic E-state index is -0.130. The normalized spacial score (nSPS) is 25.6. The summed E-state index contributed by atoms with van der Waals surface area (Å²) in [6.07, 6.45) is 2.88. The highest BCUT2D eigenvalue weighted by atomic mass is 16.5. The zero-order chi connectivity index (χ0) is 18.0. The number of oxazole rings is 1. The quantitative estimate of drug-likeness (QED) is 0.884. The van der Waals surface area contributed by atoms with E-state index in [0.29, 0.717) is 41.6 Å². The fourth-order valence-electron chi connectivity index (χ4n) is 4.09. The molecular formula is C19H31N3O3. The maximum atomic E-state index is 12.7. The predicted molar refractivity (Wildman–Crippen MR) is 95.6 cm³/mol. The third-order valence-electron chi connectivity index (χ3n) is 5.62. The lowest BCUT2D eigenvalue weighted by Gasteiger charge is -2.31. The van der Waals surface area contributed by atoms with E-state index in [2.05, 4.69) is 29.0 Å². The number of nitrogens with zero attached hydrogens (tertiary/aromatic N) is 2. The van der Waals surface area contributed by atoms with E-state index in [4.69, 9.17) is 9.15 Å². The molecule has 3 heterocycles. The van der Waals surface area contributed by atoms with Gasteiger partial charge in [-0.15, -0.1) is 0 Å².